The van der Waals surface area contributed by atoms with Crippen molar-refractivity contribution in [2.24, 2.45) is 0 Å². The Labute approximate surface area is 199 Å². The molecular weight excluding hydrogens is 426 g/mol. The predicted octanol–water partition coefficient (Wildman–Crippen LogP) is 4.08. The second-order valence-corrected chi connectivity index (χ2v) is 8.50. The van der Waals surface area contributed by atoms with Gasteiger partial charge in [-0.05, 0) is 52.1 Å². The van der Waals surface area contributed by atoms with Gasteiger partial charge in [0.1, 0.15) is 17.5 Å². The maximum Gasteiger partial charge on any atom is 0.173 e. The van der Waals surface area contributed by atoms with E-state index in [1.165, 1.54) is 16.7 Å². The molecule has 2 heterocycles. The van der Waals surface area contributed by atoms with Gasteiger partial charge in [-0.3, -0.25) is 4.90 Å². The first-order valence-corrected chi connectivity index (χ1v) is 11.6. The summed E-state index contributed by atoms with van der Waals surface area (Å²) in [7, 11) is 3.36. The summed E-state index contributed by atoms with van der Waals surface area (Å²) in [5, 5.41) is 13.0. The summed E-state index contributed by atoms with van der Waals surface area (Å²) < 4.78 is 13.2. The number of benzene rings is 3. The SMILES string of the molecule is COc1ccc([C@@H](c2nnnn2CCc2ccccc2)N2CCc3ccccc3C2)c(OC)c1. The molecule has 7 heteroatoms. The fourth-order valence-corrected chi connectivity index (χ4v) is 4.73. The zero-order valence-corrected chi connectivity index (χ0v) is 19.6. The molecule has 1 aliphatic heterocycles. The number of hydrogen-bond donors (Lipinski definition) is 0. The van der Waals surface area contributed by atoms with Crippen molar-refractivity contribution in [3.63, 3.8) is 0 Å². The normalized spacial score (nSPS) is 14.4. The van der Waals surface area contributed by atoms with E-state index in [-0.39, 0.29) is 6.04 Å². The molecule has 1 aromatic heterocycles. The molecule has 0 spiro atoms. The van der Waals surface area contributed by atoms with Gasteiger partial charge in [-0.15, -0.1) is 5.10 Å². The highest BCUT2D eigenvalue weighted by molar-refractivity contribution is 5.45. The van der Waals surface area contributed by atoms with Crippen molar-refractivity contribution in [1.82, 2.24) is 25.1 Å². The van der Waals surface area contributed by atoms with Crippen molar-refractivity contribution >= 4 is 0 Å². The van der Waals surface area contributed by atoms with E-state index in [1.807, 2.05) is 22.9 Å². The van der Waals surface area contributed by atoms with Gasteiger partial charge in [-0.1, -0.05) is 54.6 Å². The van der Waals surface area contributed by atoms with Crippen LogP contribution in [0.4, 0.5) is 0 Å². The van der Waals surface area contributed by atoms with Crippen LogP contribution in [0.3, 0.4) is 0 Å². The van der Waals surface area contributed by atoms with Crippen LogP contribution in [0.1, 0.15) is 34.1 Å². The van der Waals surface area contributed by atoms with Crippen LogP contribution >= 0.6 is 0 Å². The molecule has 0 aliphatic carbocycles. The molecule has 4 aromatic rings. The standard InChI is InChI=1S/C27H29N5O2/c1-33-23-12-13-24(25(18-23)34-2)26(31-16-15-21-10-6-7-11-22(21)19-31)27-28-29-30-32(27)17-14-20-8-4-3-5-9-20/h3-13,18,26H,14-17,19H2,1-2H3/t26-/m0/s1. The minimum atomic E-state index is -0.153. The van der Waals surface area contributed by atoms with Crippen LogP contribution in [0.25, 0.3) is 0 Å². The Morgan fingerprint density at radius 2 is 1.71 bits per heavy atom. The van der Waals surface area contributed by atoms with Crippen molar-refractivity contribution in [2.75, 3.05) is 20.8 Å². The van der Waals surface area contributed by atoms with Crippen LogP contribution < -0.4 is 9.47 Å². The molecule has 0 unspecified atom stereocenters. The number of rotatable bonds is 8. The Balaban J connectivity index is 1.53. The summed E-state index contributed by atoms with van der Waals surface area (Å²) in [6.45, 7) is 2.43. The lowest BCUT2D eigenvalue weighted by Crippen LogP contribution is -2.36. The van der Waals surface area contributed by atoms with Crippen LogP contribution in [0.2, 0.25) is 0 Å². The maximum absolute atomic E-state index is 5.81. The number of ether oxygens (including phenoxy) is 2. The third-order valence-electron chi connectivity index (χ3n) is 6.52. The zero-order valence-electron chi connectivity index (χ0n) is 19.6. The smallest absolute Gasteiger partial charge is 0.173 e. The molecule has 0 saturated carbocycles. The topological polar surface area (TPSA) is 65.3 Å². The van der Waals surface area contributed by atoms with Crippen LogP contribution in [-0.4, -0.2) is 45.9 Å². The summed E-state index contributed by atoms with van der Waals surface area (Å²) in [5.41, 5.74) is 5.03. The fraction of sp³-hybridized carbons (Fsp3) is 0.296. The fourth-order valence-electron chi connectivity index (χ4n) is 4.73. The molecule has 0 radical (unpaired) electrons. The van der Waals surface area contributed by atoms with E-state index < -0.39 is 0 Å². The third kappa shape index (κ3) is 4.52. The Bertz CT molecular complexity index is 1240. The van der Waals surface area contributed by atoms with Gasteiger partial charge in [0.15, 0.2) is 5.82 Å². The third-order valence-corrected chi connectivity index (χ3v) is 6.52. The molecule has 174 valence electrons. The summed E-state index contributed by atoms with van der Waals surface area (Å²) in [5.74, 6) is 2.34. The Hall–Kier alpha value is -3.71. The lowest BCUT2D eigenvalue weighted by Gasteiger charge is -2.35. The molecule has 0 fully saturated rings. The predicted molar refractivity (Wildman–Crippen MR) is 130 cm³/mol. The van der Waals surface area contributed by atoms with Crippen molar-refractivity contribution in [3.05, 3.63) is 101 Å². The molecule has 1 atom stereocenters. The van der Waals surface area contributed by atoms with Gasteiger partial charge < -0.3 is 9.47 Å². The quantitative estimate of drug-likeness (QED) is 0.399. The van der Waals surface area contributed by atoms with Gasteiger partial charge in [0.25, 0.3) is 0 Å². The van der Waals surface area contributed by atoms with E-state index in [2.05, 4.69) is 75.0 Å². The van der Waals surface area contributed by atoms with Gasteiger partial charge >= 0.3 is 0 Å². The average molecular weight is 456 g/mol. The minimum absolute atomic E-state index is 0.153. The van der Waals surface area contributed by atoms with Gasteiger partial charge in [0, 0.05) is 31.3 Å². The number of hydrogen-bond acceptors (Lipinski definition) is 6. The van der Waals surface area contributed by atoms with E-state index in [1.54, 1.807) is 14.2 Å². The summed E-state index contributed by atoms with van der Waals surface area (Å²) in [6, 6.07) is 24.9. The second kappa shape index (κ2) is 10.1. The average Bonchev–Trinajstić information content (AvgIpc) is 3.36. The van der Waals surface area contributed by atoms with Crippen molar-refractivity contribution in [1.29, 1.82) is 0 Å². The summed E-state index contributed by atoms with van der Waals surface area (Å²) in [6.07, 6.45) is 1.84. The van der Waals surface area contributed by atoms with E-state index in [0.29, 0.717) is 6.54 Å². The monoisotopic (exact) mass is 455 g/mol. The molecule has 0 N–H and O–H groups in total. The lowest BCUT2D eigenvalue weighted by atomic mass is 9.95. The van der Waals surface area contributed by atoms with Crippen molar-refractivity contribution in [3.8, 4) is 11.5 Å². The van der Waals surface area contributed by atoms with E-state index in [4.69, 9.17) is 9.47 Å². The van der Waals surface area contributed by atoms with Crippen molar-refractivity contribution in [2.45, 2.75) is 32.0 Å². The number of aryl methyl sites for hydroxylation is 2. The first-order chi connectivity index (χ1) is 16.8. The first kappa shape index (κ1) is 22.1. The van der Waals surface area contributed by atoms with Crippen LogP contribution in [-0.2, 0) is 25.9 Å². The Morgan fingerprint density at radius 1 is 0.912 bits per heavy atom. The molecule has 34 heavy (non-hydrogen) atoms. The number of methoxy groups -OCH3 is 2. The highest BCUT2D eigenvalue weighted by Crippen LogP contribution is 2.38. The number of tetrazole rings is 1. The highest BCUT2D eigenvalue weighted by atomic mass is 16.5. The largest absolute Gasteiger partial charge is 0.497 e. The highest BCUT2D eigenvalue weighted by Gasteiger charge is 2.32. The van der Waals surface area contributed by atoms with Gasteiger partial charge in [-0.2, -0.15) is 0 Å². The Kier molecular flexibility index (Phi) is 6.53. The number of nitrogens with zero attached hydrogens (tertiary/aromatic N) is 5. The number of fused-ring (bicyclic) bond motifs is 1. The Morgan fingerprint density at radius 3 is 2.50 bits per heavy atom. The molecule has 0 amide bonds. The summed E-state index contributed by atoms with van der Waals surface area (Å²) in [4.78, 5) is 2.44. The van der Waals surface area contributed by atoms with Gasteiger partial charge in [0.05, 0.1) is 14.2 Å². The maximum atomic E-state index is 5.81. The molecule has 7 nitrogen and oxygen atoms in total. The van der Waals surface area contributed by atoms with Crippen molar-refractivity contribution < 1.29 is 9.47 Å². The molecule has 0 bridgehead atoms. The van der Waals surface area contributed by atoms with Gasteiger partial charge in [-0.25, -0.2) is 4.68 Å². The number of aromatic nitrogens is 4. The lowest BCUT2D eigenvalue weighted by molar-refractivity contribution is 0.191. The van der Waals surface area contributed by atoms with E-state index >= 15 is 0 Å². The van der Waals surface area contributed by atoms with Crippen LogP contribution in [0, 0.1) is 0 Å². The first-order valence-electron chi connectivity index (χ1n) is 11.6. The van der Waals surface area contributed by atoms with E-state index in [9.17, 15) is 0 Å². The molecule has 0 saturated heterocycles. The minimum Gasteiger partial charge on any atom is -0.497 e. The van der Waals surface area contributed by atoms with Crippen LogP contribution in [0.5, 0.6) is 11.5 Å². The van der Waals surface area contributed by atoms with Gasteiger partial charge in [0.2, 0.25) is 0 Å². The molecule has 3 aromatic carbocycles. The van der Waals surface area contributed by atoms with E-state index in [0.717, 1.165) is 48.8 Å². The summed E-state index contributed by atoms with van der Waals surface area (Å²) >= 11 is 0. The molecule has 1 aliphatic rings. The molecular formula is C27H29N5O2. The molecule has 5 rings (SSSR count). The van der Waals surface area contributed by atoms with Crippen LogP contribution in [0.15, 0.2) is 72.8 Å². The zero-order chi connectivity index (χ0) is 23.3. The second-order valence-electron chi connectivity index (χ2n) is 8.50.